The van der Waals surface area contributed by atoms with Crippen LogP contribution in [0.5, 0.6) is 0 Å². The van der Waals surface area contributed by atoms with Gasteiger partial charge in [0.25, 0.3) is 0 Å². The molecule has 0 aliphatic rings. The van der Waals surface area contributed by atoms with Gasteiger partial charge in [0, 0.05) is 5.75 Å². The van der Waals surface area contributed by atoms with Crippen molar-refractivity contribution in [3.8, 4) is 0 Å². The minimum atomic E-state index is -0.552. The molecule has 1 amide bonds. The average molecular weight is 331 g/mol. The number of nitrogens with two attached hydrogens (primary N) is 1. The number of thioether (sulfide) groups is 1. The van der Waals surface area contributed by atoms with Gasteiger partial charge in [-0.25, -0.2) is 0 Å². The maximum absolute atomic E-state index is 11.4. The van der Waals surface area contributed by atoms with Crippen LogP contribution in [0.1, 0.15) is 12.5 Å². The summed E-state index contributed by atoms with van der Waals surface area (Å²) in [5, 5.41) is 11.0. The fourth-order valence-corrected chi connectivity index (χ4v) is 2.97. The molecule has 0 radical (unpaired) electrons. The summed E-state index contributed by atoms with van der Waals surface area (Å²) in [6.45, 7) is 1.63. The van der Waals surface area contributed by atoms with E-state index in [2.05, 4.69) is 27.6 Å². The molecule has 1 atom stereocenters. The zero-order chi connectivity index (χ0) is 13.7. The molecule has 1 heterocycles. The van der Waals surface area contributed by atoms with Crippen LogP contribution in [0, 0.1) is 0 Å². The van der Waals surface area contributed by atoms with Crippen LogP contribution in [-0.2, 0) is 10.5 Å². The largest absolute Gasteiger partial charge is 0.320 e. The second-order valence-corrected chi connectivity index (χ2v) is 6.13. The molecule has 3 N–H and O–H groups in total. The highest BCUT2D eigenvalue weighted by Gasteiger charge is 2.11. The van der Waals surface area contributed by atoms with Crippen LogP contribution in [0.25, 0.3) is 0 Å². The highest BCUT2D eigenvalue weighted by atomic mass is 35.5. The summed E-state index contributed by atoms with van der Waals surface area (Å²) in [6, 6.07) is 9.57. The first-order valence-electron chi connectivity index (χ1n) is 5.72. The first kappa shape index (κ1) is 16.9. The molecule has 0 bridgehead atoms. The summed E-state index contributed by atoms with van der Waals surface area (Å²) in [5.74, 6) is 0.576. The number of carbonyl (C=O) groups excluding carboxylic acids is 1. The monoisotopic (exact) mass is 330 g/mol. The molecule has 0 fully saturated rings. The van der Waals surface area contributed by atoms with Crippen molar-refractivity contribution in [3.05, 3.63) is 35.9 Å². The number of amides is 1. The Kier molecular flexibility index (Phi) is 6.94. The van der Waals surface area contributed by atoms with Crippen LogP contribution in [0.4, 0.5) is 5.13 Å². The molecule has 2 aromatic rings. The molecule has 20 heavy (non-hydrogen) atoms. The lowest BCUT2D eigenvalue weighted by molar-refractivity contribution is -0.117. The third-order valence-electron chi connectivity index (χ3n) is 2.26. The Balaban J connectivity index is 0.00000200. The Morgan fingerprint density at radius 2 is 2.10 bits per heavy atom. The lowest BCUT2D eigenvalue weighted by Crippen LogP contribution is -2.32. The van der Waals surface area contributed by atoms with Crippen molar-refractivity contribution in [3.63, 3.8) is 0 Å². The zero-order valence-electron chi connectivity index (χ0n) is 10.8. The summed E-state index contributed by atoms with van der Waals surface area (Å²) in [4.78, 5) is 11.4. The van der Waals surface area contributed by atoms with Crippen molar-refractivity contribution in [1.29, 1.82) is 0 Å². The lowest BCUT2D eigenvalue weighted by Gasteiger charge is -2.02. The molecule has 1 aromatic carbocycles. The third kappa shape index (κ3) is 5.09. The number of hydrogen-bond donors (Lipinski definition) is 2. The van der Waals surface area contributed by atoms with E-state index in [1.807, 2.05) is 18.2 Å². The van der Waals surface area contributed by atoms with E-state index in [1.54, 1.807) is 18.7 Å². The van der Waals surface area contributed by atoms with Gasteiger partial charge in [-0.05, 0) is 12.5 Å². The maximum Gasteiger partial charge on any atom is 0.242 e. The second kappa shape index (κ2) is 8.21. The number of nitrogens with zero attached hydrogens (tertiary/aromatic N) is 2. The summed E-state index contributed by atoms with van der Waals surface area (Å²) in [5.41, 5.74) is 6.69. The molecule has 0 aliphatic heterocycles. The zero-order valence-corrected chi connectivity index (χ0v) is 13.2. The summed E-state index contributed by atoms with van der Waals surface area (Å²) < 4.78 is 0.823. The predicted molar refractivity (Wildman–Crippen MR) is 85.4 cm³/mol. The van der Waals surface area contributed by atoms with Gasteiger partial charge in [0.1, 0.15) is 0 Å². The summed E-state index contributed by atoms with van der Waals surface area (Å²) >= 11 is 2.94. The van der Waals surface area contributed by atoms with Crippen molar-refractivity contribution in [2.24, 2.45) is 5.73 Å². The molecule has 1 aromatic heterocycles. The molecule has 108 valence electrons. The fourth-order valence-electron chi connectivity index (χ4n) is 1.26. The maximum atomic E-state index is 11.4. The van der Waals surface area contributed by atoms with Gasteiger partial charge in [0.05, 0.1) is 6.04 Å². The summed E-state index contributed by atoms with van der Waals surface area (Å²) in [7, 11) is 0. The van der Waals surface area contributed by atoms with Crippen molar-refractivity contribution in [1.82, 2.24) is 10.2 Å². The van der Waals surface area contributed by atoms with Gasteiger partial charge in [-0.15, -0.1) is 22.6 Å². The SMILES string of the molecule is CC(N)C(=O)Nc1nnc(SCc2ccccc2)s1.Cl. The molecule has 0 aliphatic carbocycles. The highest BCUT2D eigenvalue weighted by Crippen LogP contribution is 2.28. The Morgan fingerprint density at radius 3 is 2.75 bits per heavy atom. The Morgan fingerprint density at radius 1 is 1.40 bits per heavy atom. The molecular formula is C12H15ClN4OS2. The highest BCUT2D eigenvalue weighted by molar-refractivity contribution is 8.00. The van der Waals surface area contributed by atoms with Gasteiger partial charge in [-0.1, -0.05) is 53.4 Å². The van der Waals surface area contributed by atoms with Crippen LogP contribution < -0.4 is 11.1 Å². The first-order chi connectivity index (χ1) is 9.15. The van der Waals surface area contributed by atoms with Gasteiger partial charge >= 0.3 is 0 Å². The number of nitrogens with one attached hydrogen (secondary N) is 1. The quantitative estimate of drug-likeness (QED) is 0.650. The summed E-state index contributed by atoms with van der Waals surface area (Å²) in [6.07, 6.45) is 0. The third-order valence-corrected chi connectivity index (χ3v) is 4.30. The van der Waals surface area contributed by atoms with E-state index >= 15 is 0 Å². The van der Waals surface area contributed by atoms with E-state index in [9.17, 15) is 4.79 Å². The van der Waals surface area contributed by atoms with E-state index in [0.717, 1.165) is 10.1 Å². The molecular weight excluding hydrogens is 316 g/mol. The fraction of sp³-hybridized carbons (Fsp3) is 0.250. The minimum absolute atomic E-state index is 0. The number of hydrogen-bond acceptors (Lipinski definition) is 6. The van der Waals surface area contributed by atoms with Gasteiger partial charge < -0.3 is 5.73 Å². The molecule has 0 saturated heterocycles. The van der Waals surface area contributed by atoms with Crippen molar-refractivity contribution in [2.75, 3.05) is 5.32 Å². The van der Waals surface area contributed by atoms with Crippen LogP contribution in [0.2, 0.25) is 0 Å². The molecule has 2 rings (SSSR count). The molecule has 1 unspecified atom stereocenters. The average Bonchev–Trinajstić information content (AvgIpc) is 2.85. The van der Waals surface area contributed by atoms with E-state index in [0.29, 0.717) is 5.13 Å². The topological polar surface area (TPSA) is 80.9 Å². The second-order valence-electron chi connectivity index (χ2n) is 3.93. The van der Waals surface area contributed by atoms with Crippen molar-refractivity contribution < 1.29 is 4.79 Å². The van der Waals surface area contributed by atoms with Gasteiger partial charge in [0.15, 0.2) is 4.34 Å². The minimum Gasteiger partial charge on any atom is -0.320 e. The lowest BCUT2D eigenvalue weighted by atomic mass is 10.2. The van der Waals surface area contributed by atoms with Crippen LogP contribution in [-0.4, -0.2) is 22.1 Å². The normalized spacial score (nSPS) is 11.5. The number of benzene rings is 1. The Labute approximate surface area is 131 Å². The molecule has 8 heteroatoms. The van der Waals surface area contributed by atoms with Gasteiger partial charge in [0.2, 0.25) is 11.0 Å². The number of aromatic nitrogens is 2. The van der Waals surface area contributed by atoms with E-state index in [-0.39, 0.29) is 18.3 Å². The standard InChI is InChI=1S/C12H14N4OS2.ClH/c1-8(13)10(17)14-11-15-16-12(19-11)18-7-9-5-3-2-4-6-9;/h2-6,8H,7,13H2,1H3,(H,14,15,17);1H. The Bertz CT molecular complexity index is 547. The number of anilines is 1. The smallest absolute Gasteiger partial charge is 0.242 e. The number of carbonyl (C=O) groups is 1. The number of halogens is 1. The molecule has 0 saturated carbocycles. The molecule has 0 spiro atoms. The first-order valence-corrected chi connectivity index (χ1v) is 7.52. The van der Waals surface area contributed by atoms with Gasteiger partial charge in [-0.3, -0.25) is 10.1 Å². The van der Waals surface area contributed by atoms with E-state index in [4.69, 9.17) is 5.73 Å². The van der Waals surface area contributed by atoms with Crippen LogP contribution in [0.15, 0.2) is 34.7 Å². The Hall–Kier alpha value is -1.15. The van der Waals surface area contributed by atoms with Crippen LogP contribution in [0.3, 0.4) is 0 Å². The predicted octanol–water partition coefficient (Wildman–Crippen LogP) is 2.54. The van der Waals surface area contributed by atoms with E-state index in [1.165, 1.54) is 16.9 Å². The van der Waals surface area contributed by atoms with Crippen molar-refractivity contribution >= 4 is 46.5 Å². The van der Waals surface area contributed by atoms with Crippen molar-refractivity contribution in [2.45, 2.75) is 23.1 Å². The number of rotatable bonds is 5. The van der Waals surface area contributed by atoms with Crippen LogP contribution >= 0.6 is 35.5 Å². The van der Waals surface area contributed by atoms with Gasteiger partial charge in [-0.2, -0.15) is 0 Å². The molecule has 5 nitrogen and oxygen atoms in total. The van der Waals surface area contributed by atoms with E-state index < -0.39 is 6.04 Å².